The normalized spacial score (nSPS) is 15.4. The van der Waals surface area contributed by atoms with Crippen LogP contribution in [0.5, 0.6) is 0 Å². The minimum Gasteiger partial charge on any atom is -0.0654 e. The summed E-state index contributed by atoms with van der Waals surface area (Å²) in [5.41, 5.74) is 0. The summed E-state index contributed by atoms with van der Waals surface area (Å²) in [4.78, 5) is 0. The van der Waals surface area contributed by atoms with Gasteiger partial charge in [0.05, 0.1) is 0 Å². The van der Waals surface area contributed by atoms with Crippen LogP contribution in [-0.4, -0.2) is 0 Å². The van der Waals surface area contributed by atoms with Gasteiger partial charge in [-0.25, -0.2) is 0 Å². The minimum atomic E-state index is 0.937. The highest BCUT2D eigenvalue weighted by Crippen LogP contribution is 2.24. The van der Waals surface area contributed by atoms with Gasteiger partial charge in [-0.1, -0.05) is 137 Å². The molecule has 0 aliphatic rings. The van der Waals surface area contributed by atoms with Gasteiger partial charge >= 0.3 is 0 Å². The van der Waals surface area contributed by atoms with Crippen LogP contribution in [0.1, 0.15) is 137 Å². The quantitative estimate of drug-likeness (QED) is 0.218. The van der Waals surface area contributed by atoms with E-state index < -0.39 is 0 Å². The Morgan fingerprint density at radius 3 is 1.25 bits per heavy atom. The van der Waals surface area contributed by atoms with E-state index in [1.807, 2.05) is 0 Å². The zero-order chi connectivity index (χ0) is 18.0. The van der Waals surface area contributed by atoms with E-state index in [4.69, 9.17) is 0 Å². The molecule has 3 atom stereocenters. The van der Waals surface area contributed by atoms with Crippen molar-refractivity contribution in [3.8, 4) is 0 Å². The van der Waals surface area contributed by atoms with Crippen LogP contribution in [-0.2, 0) is 0 Å². The SMILES string of the molecule is CCCCCC(C)C(C)CCCCCCCCCCCC(C)CC. The van der Waals surface area contributed by atoms with Crippen molar-refractivity contribution in [1.82, 2.24) is 0 Å². The molecular formula is C24H50. The molecule has 0 aromatic heterocycles. The molecule has 0 radical (unpaired) electrons. The van der Waals surface area contributed by atoms with Crippen molar-refractivity contribution in [2.45, 2.75) is 137 Å². The lowest BCUT2D eigenvalue weighted by molar-refractivity contribution is 0.323. The summed E-state index contributed by atoms with van der Waals surface area (Å²) in [6, 6.07) is 0. The number of unbranched alkanes of at least 4 members (excludes halogenated alkanes) is 10. The van der Waals surface area contributed by atoms with Gasteiger partial charge in [-0.15, -0.1) is 0 Å². The van der Waals surface area contributed by atoms with Crippen molar-refractivity contribution in [3.63, 3.8) is 0 Å². The second-order valence-electron chi connectivity index (χ2n) is 8.72. The molecule has 0 heteroatoms. The van der Waals surface area contributed by atoms with Crippen molar-refractivity contribution in [2.75, 3.05) is 0 Å². The van der Waals surface area contributed by atoms with E-state index in [1.165, 1.54) is 103 Å². The number of hydrogen-bond acceptors (Lipinski definition) is 0. The van der Waals surface area contributed by atoms with Crippen molar-refractivity contribution in [3.05, 3.63) is 0 Å². The average Bonchev–Trinajstić information content (AvgIpc) is 2.59. The molecule has 0 aromatic carbocycles. The summed E-state index contributed by atoms with van der Waals surface area (Å²) >= 11 is 0. The minimum absolute atomic E-state index is 0.937. The summed E-state index contributed by atoms with van der Waals surface area (Å²) in [5.74, 6) is 2.82. The Morgan fingerprint density at radius 1 is 0.458 bits per heavy atom. The molecular weight excluding hydrogens is 288 g/mol. The Bertz CT molecular complexity index is 232. The Kier molecular flexibility index (Phi) is 17.8. The maximum atomic E-state index is 2.48. The number of rotatable bonds is 18. The molecule has 0 aliphatic heterocycles. The Hall–Kier alpha value is 0. The monoisotopic (exact) mass is 338 g/mol. The Labute approximate surface area is 155 Å². The third-order valence-electron chi connectivity index (χ3n) is 6.29. The summed E-state index contributed by atoms with van der Waals surface area (Å²) in [6.45, 7) is 12.0. The van der Waals surface area contributed by atoms with Gasteiger partial charge in [0.1, 0.15) is 0 Å². The summed E-state index contributed by atoms with van der Waals surface area (Å²) < 4.78 is 0. The average molecular weight is 339 g/mol. The van der Waals surface area contributed by atoms with Crippen molar-refractivity contribution < 1.29 is 0 Å². The summed E-state index contributed by atoms with van der Waals surface area (Å²) in [5, 5.41) is 0. The molecule has 3 unspecified atom stereocenters. The third-order valence-corrected chi connectivity index (χ3v) is 6.29. The largest absolute Gasteiger partial charge is 0.0654 e. The van der Waals surface area contributed by atoms with Gasteiger partial charge < -0.3 is 0 Å². The van der Waals surface area contributed by atoms with Crippen LogP contribution in [0, 0.1) is 17.8 Å². The zero-order valence-corrected chi connectivity index (χ0v) is 18.0. The molecule has 0 nitrogen and oxygen atoms in total. The molecule has 0 rings (SSSR count). The highest BCUT2D eigenvalue weighted by atomic mass is 14.2. The van der Waals surface area contributed by atoms with Crippen LogP contribution in [0.15, 0.2) is 0 Å². The molecule has 0 spiro atoms. The van der Waals surface area contributed by atoms with E-state index in [0.29, 0.717) is 0 Å². The van der Waals surface area contributed by atoms with Crippen LogP contribution >= 0.6 is 0 Å². The lowest BCUT2D eigenvalue weighted by atomic mass is 9.87. The van der Waals surface area contributed by atoms with Gasteiger partial charge in [-0.2, -0.15) is 0 Å². The van der Waals surface area contributed by atoms with E-state index in [2.05, 4.69) is 34.6 Å². The molecule has 0 saturated heterocycles. The predicted molar refractivity (Wildman–Crippen MR) is 113 cm³/mol. The third kappa shape index (κ3) is 15.5. The summed E-state index contributed by atoms with van der Waals surface area (Å²) in [7, 11) is 0. The second-order valence-corrected chi connectivity index (χ2v) is 8.72. The first-order chi connectivity index (χ1) is 11.6. The molecule has 0 amide bonds. The molecule has 0 bridgehead atoms. The van der Waals surface area contributed by atoms with Crippen LogP contribution < -0.4 is 0 Å². The first kappa shape index (κ1) is 24.0. The van der Waals surface area contributed by atoms with Gasteiger partial charge in [0.15, 0.2) is 0 Å². The van der Waals surface area contributed by atoms with Crippen LogP contribution in [0.4, 0.5) is 0 Å². The van der Waals surface area contributed by atoms with Crippen molar-refractivity contribution in [1.29, 1.82) is 0 Å². The second kappa shape index (κ2) is 17.8. The standard InChI is InChI=1S/C24H50/c1-6-8-16-20-23(4)24(5)21-18-15-13-11-9-10-12-14-17-19-22(3)7-2/h22-24H,6-21H2,1-5H3. The van der Waals surface area contributed by atoms with E-state index in [1.54, 1.807) is 0 Å². The van der Waals surface area contributed by atoms with Gasteiger partial charge in [0, 0.05) is 0 Å². The van der Waals surface area contributed by atoms with Gasteiger partial charge in [0.25, 0.3) is 0 Å². The highest BCUT2D eigenvalue weighted by Gasteiger charge is 2.11. The lowest BCUT2D eigenvalue weighted by Gasteiger charge is -2.19. The smallest absolute Gasteiger partial charge is 0.0417 e. The van der Waals surface area contributed by atoms with Crippen molar-refractivity contribution >= 4 is 0 Å². The van der Waals surface area contributed by atoms with E-state index >= 15 is 0 Å². The first-order valence-electron chi connectivity index (χ1n) is 11.6. The van der Waals surface area contributed by atoms with E-state index in [0.717, 1.165) is 17.8 Å². The molecule has 146 valence electrons. The molecule has 0 aromatic rings. The fourth-order valence-electron chi connectivity index (χ4n) is 3.69. The Morgan fingerprint density at radius 2 is 0.833 bits per heavy atom. The molecule has 0 saturated carbocycles. The molecule has 0 fully saturated rings. The van der Waals surface area contributed by atoms with Gasteiger partial charge in [-0.05, 0) is 17.8 Å². The fraction of sp³-hybridized carbons (Fsp3) is 1.00. The summed E-state index contributed by atoms with van der Waals surface area (Å²) in [6.07, 6.45) is 23.2. The van der Waals surface area contributed by atoms with E-state index in [9.17, 15) is 0 Å². The zero-order valence-electron chi connectivity index (χ0n) is 18.0. The lowest BCUT2D eigenvalue weighted by Crippen LogP contribution is -2.08. The highest BCUT2D eigenvalue weighted by molar-refractivity contribution is 4.63. The van der Waals surface area contributed by atoms with Crippen LogP contribution in [0.25, 0.3) is 0 Å². The molecule has 0 heterocycles. The van der Waals surface area contributed by atoms with Crippen LogP contribution in [0.2, 0.25) is 0 Å². The van der Waals surface area contributed by atoms with E-state index in [-0.39, 0.29) is 0 Å². The fourth-order valence-corrected chi connectivity index (χ4v) is 3.69. The topological polar surface area (TPSA) is 0 Å². The molecule has 0 aliphatic carbocycles. The molecule has 0 N–H and O–H groups in total. The predicted octanol–water partition coefficient (Wildman–Crippen LogP) is 9.18. The van der Waals surface area contributed by atoms with Gasteiger partial charge in [-0.3, -0.25) is 0 Å². The maximum absolute atomic E-state index is 2.48. The first-order valence-corrected chi connectivity index (χ1v) is 11.6. The molecule has 24 heavy (non-hydrogen) atoms. The van der Waals surface area contributed by atoms with Crippen LogP contribution in [0.3, 0.4) is 0 Å². The Balaban J connectivity index is 3.27. The van der Waals surface area contributed by atoms with Gasteiger partial charge in [0.2, 0.25) is 0 Å². The van der Waals surface area contributed by atoms with Crippen molar-refractivity contribution in [2.24, 2.45) is 17.8 Å². The number of hydrogen-bond donors (Lipinski definition) is 0. The maximum Gasteiger partial charge on any atom is -0.0417 e.